The number of esters is 1. The van der Waals surface area contributed by atoms with E-state index in [1.165, 1.54) is 11.8 Å². The van der Waals surface area contributed by atoms with E-state index in [1.54, 1.807) is 23.1 Å². The van der Waals surface area contributed by atoms with Gasteiger partial charge in [-0.2, -0.15) is 0 Å². The smallest absolute Gasteiger partial charge is 0.344 e. The summed E-state index contributed by atoms with van der Waals surface area (Å²) in [4.78, 5) is 36.5. The van der Waals surface area contributed by atoms with Gasteiger partial charge >= 0.3 is 5.97 Å². The van der Waals surface area contributed by atoms with Gasteiger partial charge in [-0.3, -0.25) is 14.5 Å². The minimum Gasteiger partial charge on any atom is -0.481 e. The Morgan fingerprint density at radius 3 is 2.40 bits per heavy atom. The Morgan fingerprint density at radius 2 is 1.71 bits per heavy atom. The normalized spacial score (nSPS) is 14.1. The van der Waals surface area contributed by atoms with Gasteiger partial charge in [-0.15, -0.1) is 0 Å². The molecule has 1 aliphatic heterocycles. The van der Waals surface area contributed by atoms with E-state index in [2.05, 4.69) is 6.92 Å². The predicted octanol–water partition coefficient (Wildman–Crippen LogP) is 6.15. The van der Waals surface area contributed by atoms with Gasteiger partial charge in [0.2, 0.25) is 0 Å². The van der Waals surface area contributed by atoms with Gasteiger partial charge in [0.15, 0.2) is 0 Å². The van der Waals surface area contributed by atoms with Crippen LogP contribution in [0.3, 0.4) is 0 Å². The van der Waals surface area contributed by atoms with Crippen LogP contribution < -0.4 is 4.74 Å². The molecule has 0 aromatic heterocycles. The molecule has 4 rings (SSSR count). The fourth-order valence-electron chi connectivity index (χ4n) is 3.36. The molecule has 0 bridgehead atoms. The molecule has 0 spiro atoms. The summed E-state index contributed by atoms with van der Waals surface area (Å²) in [6.45, 7) is 3.82. The maximum atomic E-state index is 12.7. The molecular weight excluding hydrogens is 482 g/mol. The zero-order valence-corrected chi connectivity index (χ0v) is 21.0. The number of aliphatic carboxylic acids is 1. The SMILES string of the molecule is CC(=O)O.CCCCN1C(=O)/C(=C\c2ccc(OC(=O)c3cccc4ccccc34)cc2)SC1=S. The van der Waals surface area contributed by atoms with Crippen molar-refractivity contribution in [3.8, 4) is 5.75 Å². The number of carbonyl (C=O) groups excluding carboxylic acids is 2. The molecule has 0 unspecified atom stereocenters. The number of amides is 1. The van der Waals surface area contributed by atoms with Crippen molar-refractivity contribution in [3.63, 3.8) is 0 Å². The van der Waals surface area contributed by atoms with Crippen molar-refractivity contribution in [1.82, 2.24) is 4.90 Å². The molecule has 1 saturated heterocycles. The van der Waals surface area contributed by atoms with Crippen LogP contribution in [0.1, 0.15) is 42.6 Å². The maximum Gasteiger partial charge on any atom is 0.344 e. The Balaban J connectivity index is 0.000000795. The van der Waals surface area contributed by atoms with Crippen molar-refractivity contribution in [1.29, 1.82) is 0 Å². The van der Waals surface area contributed by atoms with Crippen LogP contribution >= 0.6 is 24.0 Å². The summed E-state index contributed by atoms with van der Waals surface area (Å²) in [6.07, 6.45) is 3.76. The van der Waals surface area contributed by atoms with Crippen molar-refractivity contribution in [2.75, 3.05) is 6.54 Å². The number of fused-ring (bicyclic) bond motifs is 1. The Kier molecular flexibility index (Phi) is 9.17. The number of rotatable bonds is 6. The zero-order chi connectivity index (χ0) is 25.4. The maximum absolute atomic E-state index is 12.7. The summed E-state index contributed by atoms with van der Waals surface area (Å²) in [5, 5.41) is 9.26. The Hall–Kier alpha value is -3.49. The second kappa shape index (κ2) is 12.3. The quantitative estimate of drug-likeness (QED) is 0.185. The first kappa shape index (κ1) is 26.1. The Morgan fingerprint density at radius 1 is 1.06 bits per heavy atom. The van der Waals surface area contributed by atoms with Gasteiger partial charge in [-0.1, -0.05) is 85.9 Å². The number of hydrogen-bond acceptors (Lipinski definition) is 6. The van der Waals surface area contributed by atoms with Crippen molar-refractivity contribution >= 4 is 63.0 Å². The van der Waals surface area contributed by atoms with Gasteiger partial charge in [-0.05, 0) is 47.0 Å². The Labute approximate surface area is 213 Å². The van der Waals surface area contributed by atoms with E-state index in [9.17, 15) is 9.59 Å². The van der Waals surface area contributed by atoms with Crippen LogP contribution in [0.5, 0.6) is 5.75 Å². The lowest BCUT2D eigenvalue weighted by Gasteiger charge is -2.13. The molecule has 1 aliphatic rings. The fraction of sp³-hybridized carbons (Fsp3) is 0.185. The molecule has 1 fully saturated rings. The first-order valence-electron chi connectivity index (χ1n) is 11.0. The largest absolute Gasteiger partial charge is 0.481 e. The standard InChI is InChI=1S/C25H21NO3S2.C2H4O2/c1-2-3-15-26-23(27)22(31-25(26)30)16-17-11-13-19(14-12-17)29-24(28)21-10-6-8-18-7-4-5-9-20(18)21;1-2(3)4/h4-14,16H,2-3,15H2,1H3;1H3,(H,3,4)/b22-16+;. The summed E-state index contributed by atoms with van der Waals surface area (Å²) < 4.78 is 6.17. The third kappa shape index (κ3) is 7.00. The highest BCUT2D eigenvalue weighted by molar-refractivity contribution is 8.26. The van der Waals surface area contributed by atoms with Gasteiger partial charge in [0.1, 0.15) is 10.1 Å². The number of thioether (sulfide) groups is 1. The van der Waals surface area contributed by atoms with Crippen molar-refractivity contribution < 1.29 is 24.2 Å². The lowest BCUT2D eigenvalue weighted by Crippen LogP contribution is -2.28. The number of ether oxygens (including phenoxy) is 1. The predicted molar refractivity (Wildman–Crippen MR) is 143 cm³/mol. The van der Waals surface area contributed by atoms with E-state index in [0.717, 1.165) is 36.1 Å². The van der Waals surface area contributed by atoms with E-state index in [1.807, 2.05) is 54.6 Å². The minimum atomic E-state index is -0.833. The number of hydrogen-bond donors (Lipinski definition) is 1. The van der Waals surface area contributed by atoms with Gasteiger partial charge in [0, 0.05) is 13.5 Å². The van der Waals surface area contributed by atoms with E-state index in [0.29, 0.717) is 27.1 Å². The molecular formula is C27H25NO5S2. The second-order valence-electron chi connectivity index (χ2n) is 7.69. The number of thiocarbonyl (C=S) groups is 1. The minimum absolute atomic E-state index is 0.0464. The topological polar surface area (TPSA) is 83.9 Å². The zero-order valence-electron chi connectivity index (χ0n) is 19.4. The third-order valence-corrected chi connectivity index (χ3v) is 6.38. The van der Waals surface area contributed by atoms with Crippen molar-refractivity contribution in [2.45, 2.75) is 26.7 Å². The summed E-state index contributed by atoms with van der Waals surface area (Å²) >= 11 is 6.67. The summed E-state index contributed by atoms with van der Waals surface area (Å²) in [5.41, 5.74) is 1.37. The molecule has 8 heteroatoms. The highest BCUT2D eigenvalue weighted by Gasteiger charge is 2.31. The average Bonchev–Trinajstić information content (AvgIpc) is 3.10. The molecule has 1 heterocycles. The van der Waals surface area contributed by atoms with E-state index in [-0.39, 0.29) is 5.91 Å². The van der Waals surface area contributed by atoms with E-state index < -0.39 is 11.9 Å². The van der Waals surface area contributed by atoms with Crippen LogP contribution in [-0.4, -0.2) is 38.7 Å². The van der Waals surface area contributed by atoms with Crippen LogP contribution in [0.25, 0.3) is 16.8 Å². The van der Waals surface area contributed by atoms with Crippen LogP contribution in [0.2, 0.25) is 0 Å². The number of unbranched alkanes of at least 4 members (excludes halogenated alkanes) is 1. The monoisotopic (exact) mass is 507 g/mol. The molecule has 0 radical (unpaired) electrons. The number of carboxylic acid groups (broad SMARTS) is 1. The average molecular weight is 508 g/mol. The first-order chi connectivity index (χ1) is 16.8. The van der Waals surface area contributed by atoms with E-state index >= 15 is 0 Å². The molecule has 1 N–H and O–H groups in total. The van der Waals surface area contributed by atoms with Crippen LogP contribution in [-0.2, 0) is 9.59 Å². The number of carbonyl (C=O) groups is 3. The van der Waals surface area contributed by atoms with Crippen molar-refractivity contribution in [3.05, 3.63) is 82.8 Å². The molecule has 1 amide bonds. The summed E-state index contributed by atoms with van der Waals surface area (Å²) in [6, 6.07) is 20.4. The number of benzene rings is 3. The molecule has 3 aromatic carbocycles. The molecule has 180 valence electrons. The van der Waals surface area contributed by atoms with Crippen molar-refractivity contribution in [2.24, 2.45) is 0 Å². The first-order valence-corrected chi connectivity index (χ1v) is 12.3. The van der Waals surface area contributed by atoms with Gasteiger partial charge in [0.05, 0.1) is 10.5 Å². The van der Waals surface area contributed by atoms with Gasteiger partial charge in [0.25, 0.3) is 11.9 Å². The van der Waals surface area contributed by atoms with Gasteiger partial charge < -0.3 is 9.84 Å². The lowest BCUT2D eigenvalue weighted by molar-refractivity contribution is -0.134. The van der Waals surface area contributed by atoms with Crippen LogP contribution in [0.4, 0.5) is 0 Å². The molecule has 3 aromatic rings. The molecule has 0 saturated carbocycles. The second-order valence-corrected chi connectivity index (χ2v) is 9.37. The molecule has 0 atom stereocenters. The summed E-state index contributed by atoms with van der Waals surface area (Å²) in [5.74, 6) is -0.832. The fourth-order valence-corrected chi connectivity index (χ4v) is 4.67. The van der Waals surface area contributed by atoms with Crippen LogP contribution in [0.15, 0.2) is 71.6 Å². The Bertz CT molecular complexity index is 1270. The van der Waals surface area contributed by atoms with E-state index in [4.69, 9.17) is 26.9 Å². The number of nitrogens with zero attached hydrogens (tertiary/aromatic N) is 1. The molecule has 6 nitrogen and oxygen atoms in total. The third-order valence-electron chi connectivity index (χ3n) is 5.01. The van der Waals surface area contributed by atoms with Crippen LogP contribution in [0, 0.1) is 0 Å². The molecule has 0 aliphatic carbocycles. The lowest BCUT2D eigenvalue weighted by atomic mass is 10.0. The van der Waals surface area contributed by atoms with Gasteiger partial charge in [-0.25, -0.2) is 4.79 Å². The highest BCUT2D eigenvalue weighted by atomic mass is 32.2. The molecule has 35 heavy (non-hydrogen) atoms. The number of carboxylic acids is 1. The highest BCUT2D eigenvalue weighted by Crippen LogP contribution is 2.33. The summed E-state index contributed by atoms with van der Waals surface area (Å²) in [7, 11) is 0.